The Morgan fingerprint density at radius 3 is 2.03 bits per heavy atom. The van der Waals surface area contributed by atoms with Gasteiger partial charge in [-0.1, -0.05) is 147 Å². The summed E-state index contributed by atoms with van der Waals surface area (Å²) < 4.78 is 9.58. The van der Waals surface area contributed by atoms with Crippen molar-refractivity contribution in [2.24, 2.45) is 0 Å². The van der Waals surface area contributed by atoms with Crippen molar-refractivity contribution in [3.8, 4) is 33.4 Å². The van der Waals surface area contributed by atoms with E-state index >= 15 is 0 Å². The molecule has 0 bridgehead atoms. The van der Waals surface area contributed by atoms with Gasteiger partial charge in [0.05, 0.1) is 16.8 Å². The zero-order chi connectivity index (χ0) is 38.5. The predicted octanol–water partition coefficient (Wildman–Crippen LogP) is 16.2. The summed E-state index contributed by atoms with van der Waals surface area (Å²) in [7, 11) is 0. The SMILES string of the molecule is CC1(C)c2ccccc2-c2c(N(c3ccc(-c4ccc5sc6ccccc6c5c4)cc3)c3ccc(-c4cccc5ccccc45)c4oc5ccccc5c34)cccc21. The van der Waals surface area contributed by atoms with Crippen LogP contribution in [0.4, 0.5) is 17.1 Å². The molecule has 2 heterocycles. The molecular weight excluding hydrogens is 723 g/mol. The zero-order valence-electron chi connectivity index (χ0n) is 32.2. The molecule has 0 saturated heterocycles. The van der Waals surface area contributed by atoms with Crippen LogP contribution in [0.3, 0.4) is 0 Å². The Bertz CT molecular complexity index is 3430. The molecule has 58 heavy (non-hydrogen) atoms. The molecule has 0 aliphatic heterocycles. The summed E-state index contributed by atoms with van der Waals surface area (Å²) in [6.45, 7) is 4.71. The number of anilines is 3. The third-order valence-electron chi connectivity index (χ3n) is 12.5. The summed E-state index contributed by atoms with van der Waals surface area (Å²) in [6.07, 6.45) is 0. The van der Waals surface area contributed by atoms with Gasteiger partial charge in [-0.05, 0) is 98.8 Å². The second-order valence-corrected chi connectivity index (χ2v) is 17.1. The first-order valence-electron chi connectivity index (χ1n) is 20.0. The lowest BCUT2D eigenvalue weighted by molar-refractivity contribution is 0.660. The molecule has 274 valence electrons. The minimum Gasteiger partial charge on any atom is -0.455 e. The minimum absolute atomic E-state index is 0.141. The summed E-state index contributed by atoms with van der Waals surface area (Å²) >= 11 is 1.86. The molecule has 12 rings (SSSR count). The van der Waals surface area contributed by atoms with E-state index in [0.29, 0.717) is 0 Å². The number of thiophene rings is 1. The third-order valence-corrected chi connectivity index (χ3v) is 13.6. The molecule has 1 aliphatic rings. The van der Waals surface area contributed by atoms with Crippen LogP contribution in [-0.2, 0) is 5.41 Å². The molecule has 0 fully saturated rings. The van der Waals surface area contributed by atoms with Crippen LogP contribution in [0.25, 0.3) is 86.3 Å². The predicted molar refractivity (Wildman–Crippen MR) is 247 cm³/mol. The van der Waals surface area contributed by atoms with Gasteiger partial charge in [0.2, 0.25) is 0 Å². The second kappa shape index (κ2) is 12.5. The lowest BCUT2D eigenvalue weighted by Crippen LogP contribution is -2.16. The Balaban J connectivity index is 1.11. The van der Waals surface area contributed by atoms with E-state index in [4.69, 9.17) is 4.42 Å². The van der Waals surface area contributed by atoms with E-state index in [1.165, 1.54) is 64.3 Å². The van der Waals surface area contributed by atoms with Crippen molar-refractivity contribution in [1.29, 1.82) is 0 Å². The lowest BCUT2D eigenvalue weighted by atomic mass is 9.82. The van der Waals surface area contributed by atoms with Crippen LogP contribution in [0, 0.1) is 0 Å². The number of rotatable bonds is 5. The van der Waals surface area contributed by atoms with Crippen LogP contribution >= 0.6 is 11.3 Å². The highest BCUT2D eigenvalue weighted by molar-refractivity contribution is 7.25. The molecule has 0 unspecified atom stereocenters. The minimum atomic E-state index is -0.141. The first-order chi connectivity index (χ1) is 28.5. The molecule has 2 aromatic heterocycles. The third kappa shape index (κ3) is 4.84. The summed E-state index contributed by atoms with van der Waals surface area (Å²) in [4.78, 5) is 2.48. The van der Waals surface area contributed by atoms with Gasteiger partial charge in [0.15, 0.2) is 0 Å². The first kappa shape index (κ1) is 33.2. The topological polar surface area (TPSA) is 16.4 Å². The van der Waals surface area contributed by atoms with Gasteiger partial charge >= 0.3 is 0 Å². The van der Waals surface area contributed by atoms with Gasteiger partial charge < -0.3 is 9.32 Å². The van der Waals surface area contributed by atoms with E-state index < -0.39 is 0 Å². The monoisotopic (exact) mass is 759 g/mol. The van der Waals surface area contributed by atoms with Crippen LogP contribution in [-0.4, -0.2) is 0 Å². The Morgan fingerprint density at radius 2 is 1.14 bits per heavy atom. The quantitative estimate of drug-likeness (QED) is 0.174. The van der Waals surface area contributed by atoms with Crippen LogP contribution < -0.4 is 4.90 Å². The molecule has 0 amide bonds. The van der Waals surface area contributed by atoms with Crippen LogP contribution in [0.1, 0.15) is 25.0 Å². The van der Waals surface area contributed by atoms with E-state index in [2.05, 4.69) is 207 Å². The number of benzene rings is 9. The fourth-order valence-electron chi connectivity index (χ4n) is 9.71. The molecule has 0 atom stereocenters. The highest BCUT2D eigenvalue weighted by Crippen LogP contribution is 2.55. The Morgan fingerprint density at radius 1 is 0.466 bits per heavy atom. The number of para-hydroxylation sites is 1. The number of hydrogen-bond acceptors (Lipinski definition) is 3. The molecule has 0 radical (unpaired) electrons. The molecule has 11 aromatic rings. The smallest absolute Gasteiger partial charge is 0.145 e. The van der Waals surface area contributed by atoms with E-state index in [1.807, 2.05) is 11.3 Å². The van der Waals surface area contributed by atoms with E-state index in [0.717, 1.165) is 50.1 Å². The number of furan rings is 1. The standard InChI is InChI=1S/C55H37NOS/c1-55(2)45-20-8-5-17-42(45)52-46(55)21-12-22-47(52)56(37-28-25-34(26-29-37)36-27-32-51-44(33-36)40-16-7-10-24-50(40)58-51)48-31-30-41(39-19-11-14-35-13-3-4-15-38(35)39)54-53(48)43-18-6-9-23-49(43)57-54/h3-33H,1-2H3. The average molecular weight is 760 g/mol. The zero-order valence-corrected chi connectivity index (χ0v) is 33.0. The van der Waals surface area contributed by atoms with Crippen LogP contribution in [0.5, 0.6) is 0 Å². The molecule has 0 N–H and O–H groups in total. The fourth-order valence-corrected chi connectivity index (χ4v) is 10.8. The normalized spacial score (nSPS) is 13.1. The Labute approximate surface area is 340 Å². The molecule has 0 spiro atoms. The van der Waals surface area contributed by atoms with Crippen molar-refractivity contribution >= 4 is 81.3 Å². The maximum Gasteiger partial charge on any atom is 0.145 e. The summed E-state index contributed by atoms with van der Waals surface area (Å²) in [5, 5.41) is 7.24. The Kier molecular flexibility index (Phi) is 7.18. The van der Waals surface area contributed by atoms with Gasteiger partial charge in [-0.25, -0.2) is 0 Å². The Hall–Kier alpha value is -6.94. The number of nitrogens with zero attached hydrogens (tertiary/aromatic N) is 1. The van der Waals surface area contributed by atoms with Crippen molar-refractivity contribution in [3.63, 3.8) is 0 Å². The van der Waals surface area contributed by atoms with E-state index in [1.54, 1.807) is 0 Å². The van der Waals surface area contributed by atoms with Crippen molar-refractivity contribution < 1.29 is 4.42 Å². The van der Waals surface area contributed by atoms with Crippen molar-refractivity contribution in [3.05, 3.63) is 199 Å². The van der Waals surface area contributed by atoms with Crippen molar-refractivity contribution in [2.75, 3.05) is 4.90 Å². The molecular formula is C55H37NOS. The van der Waals surface area contributed by atoms with E-state index in [-0.39, 0.29) is 5.41 Å². The van der Waals surface area contributed by atoms with Crippen LogP contribution in [0.15, 0.2) is 192 Å². The van der Waals surface area contributed by atoms with Crippen LogP contribution in [0.2, 0.25) is 0 Å². The molecule has 2 nitrogen and oxygen atoms in total. The van der Waals surface area contributed by atoms with Gasteiger partial charge in [-0.3, -0.25) is 0 Å². The van der Waals surface area contributed by atoms with Gasteiger partial charge in [0.1, 0.15) is 11.2 Å². The highest BCUT2D eigenvalue weighted by atomic mass is 32.1. The molecule has 3 heteroatoms. The first-order valence-corrected chi connectivity index (χ1v) is 20.8. The van der Waals surface area contributed by atoms with Gasteiger partial charge in [0.25, 0.3) is 0 Å². The van der Waals surface area contributed by atoms with Crippen molar-refractivity contribution in [1.82, 2.24) is 0 Å². The number of hydrogen-bond donors (Lipinski definition) is 0. The summed E-state index contributed by atoms with van der Waals surface area (Å²) in [6, 6.07) is 68.8. The van der Waals surface area contributed by atoms with Crippen molar-refractivity contribution in [2.45, 2.75) is 19.3 Å². The fraction of sp³-hybridized carbons (Fsp3) is 0.0545. The second-order valence-electron chi connectivity index (χ2n) is 16.0. The van der Waals surface area contributed by atoms with E-state index in [9.17, 15) is 0 Å². The maximum absolute atomic E-state index is 6.94. The molecule has 9 aromatic carbocycles. The largest absolute Gasteiger partial charge is 0.455 e. The lowest BCUT2D eigenvalue weighted by Gasteiger charge is -2.30. The summed E-state index contributed by atoms with van der Waals surface area (Å²) in [5.41, 5.74) is 14.9. The number of fused-ring (bicyclic) bond motifs is 10. The van der Waals surface area contributed by atoms with Gasteiger partial charge in [-0.2, -0.15) is 0 Å². The maximum atomic E-state index is 6.94. The van der Waals surface area contributed by atoms with Gasteiger partial charge in [-0.15, -0.1) is 11.3 Å². The summed E-state index contributed by atoms with van der Waals surface area (Å²) in [5.74, 6) is 0. The molecule has 1 aliphatic carbocycles. The average Bonchev–Trinajstić information content (AvgIpc) is 3.92. The van der Waals surface area contributed by atoms with Gasteiger partial charge in [0, 0.05) is 47.8 Å². The highest BCUT2D eigenvalue weighted by Gasteiger charge is 2.38. The molecule has 0 saturated carbocycles.